The highest BCUT2D eigenvalue weighted by atomic mass is 35.5. The molecular weight excluding hydrogens is 208 g/mol. The van der Waals surface area contributed by atoms with Crippen molar-refractivity contribution in [1.29, 1.82) is 0 Å². The van der Waals surface area contributed by atoms with Crippen molar-refractivity contribution in [1.82, 2.24) is 0 Å². The fraction of sp³-hybridized carbons (Fsp3) is 0.538. The van der Waals surface area contributed by atoms with E-state index in [9.17, 15) is 0 Å². The van der Waals surface area contributed by atoms with E-state index in [1.54, 1.807) is 7.11 Å². The molecule has 0 radical (unpaired) electrons. The molecule has 0 saturated carbocycles. The number of methoxy groups -OCH3 is 1. The molecule has 0 saturated heterocycles. The summed E-state index contributed by atoms with van der Waals surface area (Å²) >= 11 is 6.06. The average molecular weight is 227 g/mol. The second-order valence-electron chi connectivity index (χ2n) is 4.20. The van der Waals surface area contributed by atoms with E-state index < -0.39 is 0 Å². The van der Waals surface area contributed by atoms with Gasteiger partial charge in [0.15, 0.2) is 0 Å². The van der Waals surface area contributed by atoms with Gasteiger partial charge in [-0.15, -0.1) is 0 Å². The topological polar surface area (TPSA) is 9.23 Å². The van der Waals surface area contributed by atoms with Crippen LogP contribution in [0.15, 0.2) is 12.1 Å². The zero-order valence-corrected chi connectivity index (χ0v) is 10.7. The molecule has 0 fully saturated rings. The van der Waals surface area contributed by atoms with Crippen molar-refractivity contribution in [2.75, 3.05) is 7.11 Å². The van der Waals surface area contributed by atoms with Crippen molar-refractivity contribution in [2.24, 2.45) is 5.92 Å². The van der Waals surface area contributed by atoms with Crippen LogP contribution in [0.2, 0.25) is 5.02 Å². The summed E-state index contributed by atoms with van der Waals surface area (Å²) in [7, 11) is 1.70. The first-order valence-corrected chi connectivity index (χ1v) is 5.81. The lowest BCUT2D eigenvalue weighted by Gasteiger charge is -2.14. The Labute approximate surface area is 97.4 Å². The van der Waals surface area contributed by atoms with Crippen molar-refractivity contribution in [3.63, 3.8) is 0 Å². The van der Waals surface area contributed by atoms with Crippen molar-refractivity contribution in [2.45, 2.75) is 33.6 Å². The molecule has 0 aliphatic rings. The zero-order chi connectivity index (χ0) is 11.4. The summed E-state index contributed by atoms with van der Waals surface area (Å²) in [5.41, 5.74) is 2.60. The van der Waals surface area contributed by atoms with Gasteiger partial charge in [0.1, 0.15) is 5.75 Å². The Kier molecular flexibility index (Phi) is 4.46. The van der Waals surface area contributed by atoms with Crippen LogP contribution in [0.5, 0.6) is 5.75 Å². The second-order valence-corrected chi connectivity index (χ2v) is 4.63. The van der Waals surface area contributed by atoms with Gasteiger partial charge in [0.25, 0.3) is 0 Å². The fourth-order valence-corrected chi connectivity index (χ4v) is 2.10. The highest BCUT2D eigenvalue weighted by Gasteiger charge is 2.10. The monoisotopic (exact) mass is 226 g/mol. The lowest BCUT2D eigenvalue weighted by atomic mass is 9.96. The average Bonchev–Trinajstić information content (AvgIpc) is 2.15. The van der Waals surface area contributed by atoms with Crippen LogP contribution in [0.4, 0.5) is 0 Å². The fourth-order valence-electron chi connectivity index (χ4n) is 1.87. The van der Waals surface area contributed by atoms with Gasteiger partial charge in [0, 0.05) is 5.02 Å². The van der Waals surface area contributed by atoms with Gasteiger partial charge in [0.05, 0.1) is 7.11 Å². The molecule has 0 bridgehead atoms. The molecular formula is C13H19ClO. The van der Waals surface area contributed by atoms with Crippen LogP contribution in [0, 0.1) is 5.92 Å². The molecule has 1 rings (SSSR count). The van der Waals surface area contributed by atoms with Gasteiger partial charge in [-0.05, 0) is 42.0 Å². The first kappa shape index (κ1) is 12.4. The number of hydrogen-bond donors (Lipinski definition) is 0. The van der Waals surface area contributed by atoms with Crippen LogP contribution in [0.1, 0.15) is 31.9 Å². The molecule has 0 N–H and O–H groups in total. The number of benzene rings is 1. The molecule has 0 amide bonds. The summed E-state index contributed by atoms with van der Waals surface area (Å²) in [5, 5.41) is 0.764. The molecule has 0 aliphatic heterocycles. The number of rotatable bonds is 4. The minimum absolute atomic E-state index is 0.637. The minimum Gasteiger partial charge on any atom is -0.496 e. The Balaban J connectivity index is 3.16. The van der Waals surface area contributed by atoms with Crippen LogP contribution in [0.3, 0.4) is 0 Å². The van der Waals surface area contributed by atoms with E-state index >= 15 is 0 Å². The van der Waals surface area contributed by atoms with Crippen LogP contribution in [0.25, 0.3) is 0 Å². The third-order valence-electron chi connectivity index (χ3n) is 2.47. The molecule has 0 spiro atoms. The summed E-state index contributed by atoms with van der Waals surface area (Å²) in [6.45, 7) is 6.58. The van der Waals surface area contributed by atoms with Crippen molar-refractivity contribution in [3.05, 3.63) is 28.3 Å². The number of hydrogen-bond acceptors (Lipinski definition) is 1. The van der Waals surface area contributed by atoms with Crippen molar-refractivity contribution < 1.29 is 4.74 Å². The van der Waals surface area contributed by atoms with Gasteiger partial charge >= 0.3 is 0 Å². The molecule has 15 heavy (non-hydrogen) atoms. The number of ether oxygens (including phenoxy) is 1. The van der Waals surface area contributed by atoms with Crippen LogP contribution in [-0.2, 0) is 12.8 Å². The van der Waals surface area contributed by atoms with Crippen LogP contribution >= 0.6 is 11.6 Å². The highest BCUT2D eigenvalue weighted by Crippen LogP contribution is 2.29. The van der Waals surface area contributed by atoms with Gasteiger partial charge in [-0.25, -0.2) is 0 Å². The Morgan fingerprint density at radius 3 is 2.47 bits per heavy atom. The molecule has 2 heteroatoms. The second kappa shape index (κ2) is 5.41. The highest BCUT2D eigenvalue weighted by molar-refractivity contribution is 6.30. The van der Waals surface area contributed by atoms with Gasteiger partial charge in [0.2, 0.25) is 0 Å². The molecule has 0 heterocycles. The van der Waals surface area contributed by atoms with E-state index in [-0.39, 0.29) is 0 Å². The third-order valence-corrected chi connectivity index (χ3v) is 2.69. The molecule has 1 aromatic rings. The molecule has 0 unspecified atom stereocenters. The van der Waals surface area contributed by atoms with E-state index in [2.05, 4.69) is 26.8 Å². The van der Waals surface area contributed by atoms with Gasteiger partial charge in [-0.1, -0.05) is 32.4 Å². The zero-order valence-electron chi connectivity index (χ0n) is 9.93. The Morgan fingerprint density at radius 2 is 2.00 bits per heavy atom. The molecule has 0 atom stereocenters. The smallest absolute Gasteiger partial charge is 0.123 e. The Hall–Kier alpha value is -0.690. The van der Waals surface area contributed by atoms with E-state index in [0.29, 0.717) is 5.92 Å². The van der Waals surface area contributed by atoms with Crippen molar-refractivity contribution >= 4 is 11.6 Å². The molecule has 0 aliphatic carbocycles. The van der Waals surface area contributed by atoms with Crippen molar-refractivity contribution in [3.8, 4) is 5.75 Å². The summed E-state index contributed by atoms with van der Waals surface area (Å²) in [6, 6.07) is 3.95. The standard InChI is InChI=1S/C13H19ClO/c1-5-12-10(6-9(2)3)7-11(14)8-13(12)15-4/h7-9H,5-6H2,1-4H3. The Morgan fingerprint density at radius 1 is 1.33 bits per heavy atom. The summed E-state index contributed by atoms with van der Waals surface area (Å²) in [6.07, 6.45) is 2.04. The maximum absolute atomic E-state index is 6.06. The quantitative estimate of drug-likeness (QED) is 0.751. The molecule has 1 nitrogen and oxygen atoms in total. The lowest BCUT2D eigenvalue weighted by Crippen LogP contribution is -2.01. The largest absolute Gasteiger partial charge is 0.496 e. The van der Waals surface area contributed by atoms with Crippen LogP contribution in [-0.4, -0.2) is 7.11 Å². The first-order valence-electron chi connectivity index (χ1n) is 5.43. The number of halogens is 1. The third kappa shape index (κ3) is 3.13. The predicted octanol–water partition coefficient (Wildman–Crippen LogP) is 4.11. The van der Waals surface area contributed by atoms with E-state index in [1.807, 2.05) is 6.07 Å². The Bertz CT molecular complexity index is 332. The first-order chi connectivity index (χ1) is 7.08. The molecule has 1 aromatic carbocycles. The van der Waals surface area contributed by atoms with E-state index in [0.717, 1.165) is 23.6 Å². The molecule has 84 valence electrons. The SMILES string of the molecule is CCc1c(CC(C)C)cc(Cl)cc1OC. The normalized spacial score (nSPS) is 10.8. The van der Waals surface area contributed by atoms with Gasteiger partial charge in [-0.2, -0.15) is 0 Å². The lowest BCUT2D eigenvalue weighted by molar-refractivity contribution is 0.409. The maximum Gasteiger partial charge on any atom is 0.123 e. The predicted molar refractivity (Wildman–Crippen MR) is 65.9 cm³/mol. The van der Waals surface area contributed by atoms with Crippen LogP contribution < -0.4 is 4.74 Å². The van der Waals surface area contributed by atoms with E-state index in [4.69, 9.17) is 16.3 Å². The minimum atomic E-state index is 0.637. The van der Waals surface area contributed by atoms with Gasteiger partial charge in [-0.3, -0.25) is 0 Å². The van der Waals surface area contributed by atoms with E-state index in [1.165, 1.54) is 11.1 Å². The summed E-state index contributed by atoms with van der Waals surface area (Å²) in [5.74, 6) is 1.55. The summed E-state index contributed by atoms with van der Waals surface area (Å²) in [4.78, 5) is 0. The van der Waals surface area contributed by atoms with Gasteiger partial charge < -0.3 is 4.74 Å². The molecule has 0 aromatic heterocycles. The maximum atomic E-state index is 6.06. The summed E-state index contributed by atoms with van der Waals surface area (Å²) < 4.78 is 5.35.